The maximum atomic E-state index is 5.09. The van der Waals surface area contributed by atoms with Crippen LogP contribution >= 0.6 is 0 Å². The summed E-state index contributed by atoms with van der Waals surface area (Å²) in [4.78, 5) is 14.7. The van der Waals surface area contributed by atoms with E-state index in [9.17, 15) is 0 Å². The molecular weight excluding hydrogens is 538 g/mol. The molecule has 0 aliphatic heterocycles. The van der Waals surface area contributed by atoms with Crippen molar-refractivity contribution in [3.05, 3.63) is 152 Å². The molecule has 0 aliphatic rings. The van der Waals surface area contributed by atoms with Gasteiger partial charge in [-0.15, -0.1) is 0 Å². The van der Waals surface area contributed by atoms with E-state index < -0.39 is 0 Å². The van der Waals surface area contributed by atoms with E-state index in [4.69, 9.17) is 9.97 Å². The van der Waals surface area contributed by atoms with Crippen LogP contribution in [0.5, 0.6) is 0 Å². The molecule has 9 rings (SSSR count). The van der Waals surface area contributed by atoms with E-state index in [0.29, 0.717) is 5.82 Å². The fraction of sp³-hybridized carbons (Fsp3) is 0. The van der Waals surface area contributed by atoms with Gasteiger partial charge in [-0.3, -0.25) is 4.98 Å². The van der Waals surface area contributed by atoms with Crippen molar-refractivity contribution >= 4 is 43.6 Å². The van der Waals surface area contributed by atoms with Gasteiger partial charge < -0.3 is 9.13 Å². The van der Waals surface area contributed by atoms with Crippen molar-refractivity contribution < 1.29 is 0 Å². The topological polar surface area (TPSA) is 48.5 Å². The molecule has 0 fully saturated rings. The highest BCUT2D eigenvalue weighted by molar-refractivity contribution is 6.18. The Bertz CT molecular complexity index is 2490. The van der Waals surface area contributed by atoms with Gasteiger partial charge in [0.05, 0.1) is 27.8 Å². The molecule has 44 heavy (non-hydrogen) atoms. The number of pyridine rings is 1. The van der Waals surface area contributed by atoms with Crippen LogP contribution in [0, 0.1) is 0 Å². The van der Waals surface area contributed by atoms with E-state index in [1.807, 2.05) is 36.4 Å². The molecular formula is C39H25N5. The normalized spacial score (nSPS) is 11.6. The average molecular weight is 564 g/mol. The van der Waals surface area contributed by atoms with Crippen LogP contribution in [0.2, 0.25) is 0 Å². The van der Waals surface area contributed by atoms with Gasteiger partial charge in [-0.2, -0.15) is 0 Å². The highest BCUT2D eigenvalue weighted by Crippen LogP contribution is 2.38. The first-order valence-corrected chi connectivity index (χ1v) is 14.7. The molecule has 0 aliphatic carbocycles. The summed E-state index contributed by atoms with van der Waals surface area (Å²) in [6, 6.07) is 48.5. The van der Waals surface area contributed by atoms with Crippen LogP contribution in [-0.4, -0.2) is 24.1 Å². The minimum atomic E-state index is 0.673. The lowest BCUT2D eigenvalue weighted by Gasteiger charge is -2.12. The first-order valence-electron chi connectivity index (χ1n) is 14.7. The number of aromatic nitrogens is 5. The van der Waals surface area contributed by atoms with Gasteiger partial charge in [0.15, 0.2) is 5.82 Å². The molecule has 9 aromatic rings. The van der Waals surface area contributed by atoms with Crippen LogP contribution in [0.25, 0.3) is 77.8 Å². The van der Waals surface area contributed by atoms with Gasteiger partial charge in [0, 0.05) is 50.9 Å². The van der Waals surface area contributed by atoms with E-state index in [0.717, 1.165) is 44.7 Å². The Labute approximate surface area is 253 Å². The minimum absolute atomic E-state index is 0.673. The van der Waals surface area contributed by atoms with Crippen molar-refractivity contribution in [3.8, 4) is 34.2 Å². The second-order valence-electron chi connectivity index (χ2n) is 10.9. The molecule has 0 unspecified atom stereocenters. The Morgan fingerprint density at radius 3 is 2.18 bits per heavy atom. The SMILES string of the molecule is c1ccc(-n2ccc3c2ccc2c4ccccc4n(-c4cccc(-c5nc(-c6ccccn6)c6ccccc6n5)c4)c23)cc1. The van der Waals surface area contributed by atoms with Crippen molar-refractivity contribution in [2.45, 2.75) is 0 Å². The molecule has 4 heterocycles. The lowest BCUT2D eigenvalue weighted by Crippen LogP contribution is -1.98. The first-order chi connectivity index (χ1) is 21.8. The van der Waals surface area contributed by atoms with Crippen LogP contribution in [0.1, 0.15) is 0 Å². The summed E-state index contributed by atoms with van der Waals surface area (Å²) in [5.74, 6) is 0.673. The van der Waals surface area contributed by atoms with Crippen LogP contribution in [0.4, 0.5) is 0 Å². The molecule has 0 N–H and O–H groups in total. The zero-order valence-electron chi connectivity index (χ0n) is 23.7. The monoisotopic (exact) mass is 563 g/mol. The zero-order valence-corrected chi connectivity index (χ0v) is 23.7. The maximum absolute atomic E-state index is 5.09. The summed E-state index contributed by atoms with van der Waals surface area (Å²) >= 11 is 0. The summed E-state index contributed by atoms with van der Waals surface area (Å²) in [6.07, 6.45) is 3.97. The fourth-order valence-electron chi connectivity index (χ4n) is 6.45. The Balaban J connectivity index is 1.29. The number of rotatable bonds is 4. The van der Waals surface area contributed by atoms with Gasteiger partial charge in [0.25, 0.3) is 0 Å². The van der Waals surface area contributed by atoms with Gasteiger partial charge in [-0.25, -0.2) is 9.97 Å². The van der Waals surface area contributed by atoms with Gasteiger partial charge in [-0.05, 0) is 60.7 Å². The molecule has 5 aromatic carbocycles. The Morgan fingerprint density at radius 2 is 1.30 bits per heavy atom. The predicted octanol–water partition coefficient (Wildman–Crippen LogP) is 9.40. The van der Waals surface area contributed by atoms with Gasteiger partial charge in [-0.1, -0.05) is 78.9 Å². The number of nitrogens with zero attached hydrogens (tertiary/aromatic N) is 5. The third-order valence-electron chi connectivity index (χ3n) is 8.41. The van der Waals surface area contributed by atoms with E-state index >= 15 is 0 Å². The molecule has 0 bridgehead atoms. The Kier molecular flexibility index (Phi) is 5.43. The van der Waals surface area contributed by atoms with Crippen molar-refractivity contribution in [2.24, 2.45) is 0 Å². The highest BCUT2D eigenvalue weighted by Gasteiger charge is 2.18. The maximum Gasteiger partial charge on any atom is 0.160 e. The fourth-order valence-corrected chi connectivity index (χ4v) is 6.45. The van der Waals surface area contributed by atoms with E-state index in [1.165, 1.54) is 27.2 Å². The second kappa shape index (κ2) is 9.75. The lowest BCUT2D eigenvalue weighted by molar-refractivity contribution is 1.13. The molecule has 0 amide bonds. The van der Waals surface area contributed by atoms with Crippen molar-refractivity contribution in [1.29, 1.82) is 0 Å². The smallest absolute Gasteiger partial charge is 0.160 e. The van der Waals surface area contributed by atoms with E-state index in [-0.39, 0.29) is 0 Å². The van der Waals surface area contributed by atoms with Crippen LogP contribution in [-0.2, 0) is 0 Å². The van der Waals surface area contributed by atoms with Crippen molar-refractivity contribution in [2.75, 3.05) is 0 Å². The second-order valence-corrected chi connectivity index (χ2v) is 10.9. The molecule has 206 valence electrons. The lowest BCUT2D eigenvalue weighted by atomic mass is 10.1. The number of benzene rings is 5. The molecule has 5 nitrogen and oxygen atoms in total. The zero-order chi connectivity index (χ0) is 29.0. The summed E-state index contributed by atoms with van der Waals surface area (Å²) in [5.41, 5.74) is 9.22. The van der Waals surface area contributed by atoms with E-state index in [2.05, 4.69) is 123 Å². The largest absolute Gasteiger partial charge is 0.316 e. The summed E-state index contributed by atoms with van der Waals surface area (Å²) in [7, 11) is 0. The predicted molar refractivity (Wildman–Crippen MR) is 179 cm³/mol. The molecule has 0 saturated heterocycles. The van der Waals surface area contributed by atoms with Gasteiger partial charge >= 0.3 is 0 Å². The summed E-state index contributed by atoms with van der Waals surface area (Å²) < 4.78 is 4.64. The molecule has 5 heteroatoms. The Hall–Kier alpha value is -6.07. The highest BCUT2D eigenvalue weighted by atomic mass is 15.0. The molecule has 0 atom stereocenters. The number of para-hydroxylation sites is 3. The quantitative estimate of drug-likeness (QED) is 0.214. The molecule has 0 radical (unpaired) electrons. The third kappa shape index (κ3) is 3.76. The van der Waals surface area contributed by atoms with Crippen LogP contribution < -0.4 is 0 Å². The minimum Gasteiger partial charge on any atom is -0.316 e. The Morgan fingerprint density at radius 1 is 0.500 bits per heavy atom. The molecule has 4 aromatic heterocycles. The summed E-state index contributed by atoms with van der Waals surface area (Å²) in [6.45, 7) is 0. The standard InChI is InChI=1S/C39H25N5/c1-2-12-27(13-3-1)43-24-22-32-35(43)21-20-30-29-15-5-7-19-36(29)44(38(30)32)28-14-10-11-26(25-28)39-41-33-17-6-4-16-31(33)37(42-39)34-18-8-9-23-40-34/h1-25H. The van der Waals surface area contributed by atoms with Crippen LogP contribution in [0.3, 0.4) is 0 Å². The number of hydrogen-bond donors (Lipinski definition) is 0. The van der Waals surface area contributed by atoms with Gasteiger partial charge in [0.2, 0.25) is 0 Å². The third-order valence-corrected chi connectivity index (χ3v) is 8.41. The van der Waals surface area contributed by atoms with Gasteiger partial charge in [0.1, 0.15) is 5.69 Å². The van der Waals surface area contributed by atoms with Crippen molar-refractivity contribution in [1.82, 2.24) is 24.1 Å². The average Bonchev–Trinajstić information content (AvgIpc) is 3.68. The molecule has 0 saturated carbocycles. The van der Waals surface area contributed by atoms with Crippen molar-refractivity contribution in [3.63, 3.8) is 0 Å². The summed E-state index contributed by atoms with van der Waals surface area (Å²) in [5, 5.41) is 4.64. The van der Waals surface area contributed by atoms with Crippen LogP contribution in [0.15, 0.2) is 152 Å². The molecule has 0 spiro atoms. The first kappa shape index (κ1) is 24.5. The number of fused-ring (bicyclic) bond motifs is 6. The van der Waals surface area contributed by atoms with E-state index in [1.54, 1.807) is 6.20 Å². The number of hydrogen-bond acceptors (Lipinski definition) is 3.